The number of rotatable bonds is 6. The molecule has 0 radical (unpaired) electrons. The second-order valence-electron chi connectivity index (χ2n) is 16.5. The molecule has 0 N–H and O–H groups in total. The maximum absolute atomic E-state index is 6.62. The summed E-state index contributed by atoms with van der Waals surface area (Å²) >= 11 is 0. The summed E-state index contributed by atoms with van der Waals surface area (Å²) < 4.78 is 9.01. The highest BCUT2D eigenvalue weighted by Crippen LogP contribution is 2.46. The number of aromatic nitrogens is 1. The van der Waals surface area contributed by atoms with E-state index >= 15 is 0 Å². The number of benzene rings is 11. The van der Waals surface area contributed by atoms with E-state index in [1.165, 1.54) is 65.3 Å². The number of para-hydroxylation sites is 3. The third kappa shape index (κ3) is 5.60. The Bertz CT molecular complexity index is 3870. The van der Waals surface area contributed by atoms with Crippen LogP contribution in [0.15, 0.2) is 235 Å². The molecule has 0 spiro atoms. The molecular weight excluding hydrogens is 765 g/mol. The number of anilines is 3. The molecule has 13 aromatic rings. The summed E-state index contributed by atoms with van der Waals surface area (Å²) in [4.78, 5) is 2.42. The van der Waals surface area contributed by atoms with E-state index in [0.29, 0.717) is 0 Å². The van der Waals surface area contributed by atoms with Crippen LogP contribution in [0.2, 0.25) is 0 Å². The van der Waals surface area contributed by atoms with E-state index in [4.69, 9.17) is 4.42 Å². The summed E-state index contributed by atoms with van der Waals surface area (Å²) in [6, 6.07) is 83.6. The van der Waals surface area contributed by atoms with Crippen molar-refractivity contribution >= 4 is 93.1 Å². The van der Waals surface area contributed by atoms with Gasteiger partial charge in [-0.1, -0.05) is 158 Å². The topological polar surface area (TPSA) is 21.3 Å². The molecule has 2 heterocycles. The highest BCUT2D eigenvalue weighted by molar-refractivity contribution is 6.17. The number of nitrogens with zero attached hydrogens (tertiary/aromatic N) is 2. The molecule has 0 atom stereocenters. The first-order valence-electron chi connectivity index (χ1n) is 21.6. The zero-order valence-electron chi connectivity index (χ0n) is 34.2. The van der Waals surface area contributed by atoms with Crippen LogP contribution in [0.5, 0.6) is 0 Å². The number of hydrogen-bond donors (Lipinski definition) is 0. The van der Waals surface area contributed by atoms with Crippen LogP contribution in [0.3, 0.4) is 0 Å². The first kappa shape index (κ1) is 35.4. The SMILES string of the molecule is c1cc(N(c2ccc(-c3cc4ccccc4c4ccccc34)cc2)c2ccccc2-c2cccc3oc4cc5ccccc5cc4c23)cc(-n2c3ccccc3c3ccccc32)c1. The predicted octanol–water partition coefficient (Wildman–Crippen LogP) is 16.9. The molecule has 0 bridgehead atoms. The first-order chi connectivity index (χ1) is 31.2. The van der Waals surface area contributed by atoms with Gasteiger partial charge in [-0.15, -0.1) is 0 Å². The van der Waals surface area contributed by atoms with E-state index in [2.05, 4.69) is 240 Å². The fourth-order valence-corrected chi connectivity index (χ4v) is 10.1. The summed E-state index contributed by atoms with van der Waals surface area (Å²) in [5, 5.41) is 12.1. The van der Waals surface area contributed by atoms with Crippen molar-refractivity contribution in [2.24, 2.45) is 0 Å². The Labute approximate surface area is 363 Å². The molecule has 0 aliphatic heterocycles. The Morgan fingerprint density at radius 3 is 1.71 bits per heavy atom. The largest absolute Gasteiger partial charge is 0.456 e. The molecule has 0 aliphatic carbocycles. The second-order valence-corrected chi connectivity index (χ2v) is 16.5. The van der Waals surface area contributed by atoms with Crippen molar-refractivity contribution in [2.45, 2.75) is 0 Å². The monoisotopic (exact) mass is 802 g/mol. The number of hydrogen-bond acceptors (Lipinski definition) is 2. The molecular formula is C60H38N2O. The van der Waals surface area contributed by atoms with Gasteiger partial charge in [-0.25, -0.2) is 0 Å². The number of fused-ring (bicyclic) bond motifs is 10. The maximum Gasteiger partial charge on any atom is 0.136 e. The van der Waals surface area contributed by atoms with Gasteiger partial charge in [0.1, 0.15) is 11.2 Å². The van der Waals surface area contributed by atoms with Crippen molar-refractivity contribution in [3.8, 4) is 27.9 Å². The molecule has 11 aromatic carbocycles. The summed E-state index contributed by atoms with van der Waals surface area (Å²) in [6.45, 7) is 0. The normalized spacial score (nSPS) is 11.8. The molecule has 2 aromatic heterocycles. The quantitative estimate of drug-likeness (QED) is 0.156. The van der Waals surface area contributed by atoms with Crippen LogP contribution in [-0.2, 0) is 0 Å². The van der Waals surface area contributed by atoms with E-state index < -0.39 is 0 Å². The molecule has 0 fully saturated rings. The predicted molar refractivity (Wildman–Crippen MR) is 266 cm³/mol. The van der Waals surface area contributed by atoms with Gasteiger partial charge in [0.05, 0.1) is 16.7 Å². The van der Waals surface area contributed by atoms with Gasteiger partial charge >= 0.3 is 0 Å². The lowest BCUT2D eigenvalue weighted by molar-refractivity contribution is 0.669. The molecule has 3 heteroatoms. The van der Waals surface area contributed by atoms with Crippen molar-refractivity contribution in [1.82, 2.24) is 4.57 Å². The van der Waals surface area contributed by atoms with E-state index in [-0.39, 0.29) is 0 Å². The standard InChI is InChI=1S/C60H38N2O/c1-2-16-41-37-59-54(35-40(41)15-1)60-52(26-14-30-58(60)63-59)51-25-9-10-27-55(51)61(44-18-13-19-45(38-44)62-56-28-11-7-23-49(56)50-24-8-12-29-57(50)62)43-33-31-39(32-34-43)53-36-42-17-3-4-20-46(42)47-21-5-6-22-48(47)53/h1-38H. The first-order valence-corrected chi connectivity index (χ1v) is 21.6. The van der Waals surface area contributed by atoms with Gasteiger partial charge in [0.15, 0.2) is 0 Å². The van der Waals surface area contributed by atoms with Gasteiger partial charge in [0.2, 0.25) is 0 Å². The van der Waals surface area contributed by atoms with Crippen LogP contribution in [0.1, 0.15) is 0 Å². The average molecular weight is 803 g/mol. The lowest BCUT2D eigenvalue weighted by atomic mass is 9.93. The van der Waals surface area contributed by atoms with E-state index in [9.17, 15) is 0 Å². The highest BCUT2D eigenvalue weighted by atomic mass is 16.3. The second kappa shape index (κ2) is 14.1. The van der Waals surface area contributed by atoms with Crippen molar-refractivity contribution in [2.75, 3.05) is 4.90 Å². The molecule has 294 valence electrons. The van der Waals surface area contributed by atoms with Crippen molar-refractivity contribution < 1.29 is 4.42 Å². The van der Waals surface area contributed by atoms with Gasteiger partial charge < -0.3 is 13.9 Å². The third-order valence-corrected chi connectivity index (χ3v) is 12.9. The van der Waals surface area contributed by atoms with Gasteiger partial charge in [-0.3, -0.25) is 0 Å². The molecule has 0 amide bonds. The Morgan fingerprint density at radius 1 is 0.333 bits per heavy atom. The van der Waals surface area contributed by atoms with E-state index in [1.807, 2.05) is 0 Å². The Balaban J connectivity index is 1.03. The maximum atomic E-state index is 6.62. The zero-order chi connectivity index (χ0) is 41.4. The molecule has 0 saturated heterocycles. The zero-order valence-corrected chi connectivity index (χ0v) is 34.2. The Morgan fingerprint density at radius 2 is 0.937 bits per heavy atom. The summed E-state index contributed by atoms with van der Waals surface area (Å²) in [5.41, 5.74) is 13.1. The summed E-state index contributed by atoms with van der Waals surface area (Å²) in [5.74, 6) is 0. The average Bonchev–Trinajstić information content (AvgIpc) is 3.89. The number of furan rings is 1. The van der Waals surface area contributed by atoms with Crippen molar-refractivity contribution in [1.29, 1.82) is 0 Å². The van der Waals surface area contributed by atoms with Gasteiger partial charge in [0.25, 0.3) is 0 Å². The van der Waals surface area contributed by atoms with Gasteiger partial charge in [-0.05, 0) is 122 Å². The molecule has 13 rings (SSSR count). The van der Waals surface area contributed by atoms with Crippen LogP contribution in [0, 0.1) is 0 Å². The summed E-state index contributed by atoms with van der Waals surface area (Å²) in [6.07, 6.45) is 0. The minimum atomic E-state index is 0.875. The van der Waals surface area contributed by atoms with E-state index in [0.717, 1.165) is 55.8 Å². The van der Waals surface area contributed by atoms with Gasteiger partial charge in [-0.2, -0.15) is 0 Å². The van der Waals surface area contributed by atoms with Crippen LogP contribution in [-0.4, -0.2) is 4.57 Å². The fraction of sp³-hybridized carbons (Fsp3) is 0. The third-order valence-electron chi connectivity index (χ3n) is 12.9. The Kier molecular flexibility index (Phi) is 7.91. The van der Waals surface area contributed by atoms with Crippen LogP contribution >= 0.6 is 0 Å². The molecule has 0 aliphatic rings. The minimum absolute atomic E-state index is 0.875. The summed E-state index contributed by atoms with van der Waals surface area (Å²) in [7, 11) is 0. The van der Waals surface area contributed by atoms with Crippen molar-refractivity contribution in [3.05, 3.63) is 231 Å². The van der Waals surface area contributed by atoms with Gasteiger partial charge in [0, 0.05) is 44.2 Å². The van der Waals surface area contributed by atoms with E-state index in [1.54, 1.807) is 0 Å². The lowest BCUT2D eigenvalue weighted by Gasteiger charge is -2.29. The molecule has 0 saturated carbocycles. The minimum Gasteiger partial charge on any atom is -0.456 e. The fourth-order valence-electron chi connectivity index (χ4n) is 10.1. The van der Waals surface area contributed by atoms with Crippen LogP contribution < -0.4 is 4.90 Å². The molecule has 0 unspecified atom stereocenters. The smallest absolute Gasteiger partial charge is 0.136 e. The lowest BCUT2D eigenvalue weighted by Crippen LogP contribution is -2.12. The molecule has 3 nitrogen and oxygen atoms in total. The highest BCUT2D eigenvalue weighted by Gasteiger charge is 2.22. The molecule has 63 heavy (non-hydrogen) atoms. The van der Waals surface area contributed by atoms with Crippen molar-refractivity contribution in [3.63, 3.8) is 0 Å². The van der Waals surface area contributed by atoms with Crippen LogP contribution in [0.4, 0.5) is 17.1 Å². The van der Waals surface area contributed by atoms with Crippen LogP contribution in [0.25, 0.3) is 104 Å². The Hall–Kier alpha value is -8.40.